The number of para-hydroxylation sites is 1. The van der Waals surface area contributed by atoms with Crippen molar-refractivity contribution in [3.8, 4) is 22.3 Å². The molecule has 12 aromatic rings. The van der Waals surface area contributed by atoms with Crippen molar-refractivity contribution in [1.29, 1.82) is 0 Å². The van der Waals surface area contributed by atoms with Gasteiger partial charge in [0.25, 0.3) is 0 Å². The second kappa shape index (κ2) is 10.3. The third kappa shape index (κ3) is 3.89. The van der Waals surface area contributed by atoms with Crippen LogP contribution in [0.4, 0.5) is 0 Å². The summed E-state index contributed by atoms with van der Waals surface area (Å²) in [5.41, 5.74) is 8.14. The van der Waals surface area contributed by atoms with Crippen LogP contribution in [0.2, 0.25) is 0 Å². The molecule has 0 aliphatic carbocycles. The lowest BCUT2D eigenvalue weighted by Gasteiger charge is -2.13. The normalized spacial score (nSPS) is 12.2. The summed E-state index contributed by atoms with van der Waals surface area (Å²) >= 11 is 0. The summed E-state index contributed by atoms with van der Waals surface area (Å²) in [6.45, 7) is 0. The summed E-state index contributed by atoms with van der Waals surface area (Å²) in [6, 6.07) is 61.7. The lowest BCUT2D eigenvalue weighted by Crippen LogP contribution is -1.86. The average Bonchev–Trinajstić information content (AvgIpc) is 3.79. The first-order valence-electron chi connectivity index (χ1n) is 17.8. The summed E-state index contributed by atoms with van der Waals surface area (Å²) < 4.78 is 12.7. The first-order valence-corrected chi connectivity index (χ1v) is 17.8. The van der Waals surface area contributed by atoms with E-state index < -0.39 is 0 Å². The van der Waals surface area contributed by atoms with Crippen LogP contribution in [-0.4, -0.2) is 0 Å². The van der Waals surface area contributed by atoms with Gasteiger partial charge in [0.05, 0.1) is 0 Å². The zero-order chi connectivity index (χ0) is 33.9. The van der Waals surface area contributed by atoms with Crippen LogP contribution in [0.3, 0.4) is 0 Å². The zero-order valence-electron chi connectivity index (χ0n) is 28.0. The molecule has 0 aliphatic rings. The molecular weight excluding hydrogens is 633 g/mol. The molecule has 0 unspecified atom stereocenters. The summed E-state index contributed by atoms with van der Waals surface area (Å²) in [5, 5.41) is 17.1. The van der Waals surface area contributed by atoms with E-state index in [9.17, 15) is 0 Å². The molecule has 2 aromatic heterocycles. The molecule has 12 rings (SSSR count). The highest BCUT2D eigenvalue weighted by atomic mass is 16.4. The molecule has 240 valence electrons. The Hall–Kier alpha value is -6.90. The molecule has 0 amide bonds. The van der Waals surface area contributed by atoms with Gasteiger partial charge in [-0.25, -0.2) is 0 Å². The predicted octanol–water partition coefficient (Wildman–Crippen LogP) is 14.6. The van der Waals surface area contributed by atoms with E-state index in [1.54, 1.807) is 0 Å². The molecule has 0 spiro atoms. The van der Waals surface area contributed by atoms with E-state index in [-0.39, 0.29) is 0 Å². The summed E-state index contributed by atoms with van der Waals surface area (Å²) in [5.74, 6) is 0. The van der Waals surface area contributed by atoms with Gasteiger partial charge in [-0.15, -0.1) is 0 Å². The molecule has 0 N–H and O–H groups in total. The average molecular weight is 661 g/mol. The van der Waals surface area contributed by atoms with Crippen LogP contribution in [0.1, 0.15) is 0 Å². The number of benzene rings is 10. The van der Waals surface area contributed by atoms with E-state index in [1.165, 1.54) is 70.6 Å². The van der Waals surface area contributed by atoms with Crippen molar-refractivity contribution in [3.63, 3.8) is 0 Å². The molecular formula is C50H28O2. The van der Waals surface area contributed by atoms with Gasteiger partial charge in [-0.3, -0.25) is 0 Å². The second-order valence-electron chi connectivity index (χ2n) is 14.0. The van der Waals surface area contributed by atoms with Gasteiger partial charge in [0, 0.05) is 21.5 Å². The zero-order valence-corrected chi connectivity index (χ0v) is 28.0. The van der Waals surface area contributed by atoms with Crippen LogP contribution in [0.5, 0.6) is 0 Å². The Kier molecular flexibility index (Phi) is 5.53. The van der Waals surface area contributed by atoms with Crippen LogP contribution < -0.4 is 0 Å². The maximum atomic E-state index is 6.41. The maximum Gasteiger partial charge on any atom is 0.178 e. The Bertz CT molecular complexity index is 3430. The highest BCUT2D eigenvalue weighted by molar-refractivity contribution is 6.26. The van der Waals surface area contributed by atoms with Gasteiger partial charge in [0.15, 0.2) is 11.2 Å². The SMILES string of the molecule is c1ccc2c(c1)oc1c2ccc2c3cc(-c4ccc5c(ccc6cc(-c7ccc8c9ccccc9c9ccccc9c8c7)ccc65)c4)ccc3oc21. The van der Waals surface area contributed by atoms with Crippen LogP contribution in [0, 0.1) is 0 Å². The fourth-order valence-corrected chi connectivity index (χ4v) is 8.71. The fraction of sp³-hybridized carbons (Fsp3) is 0. The minimum Gasteiger partial charge on any atom is -0.452 e. The van der Waals surface area contributed by atoms with Gasteiger partial charge in [-0.1, -0.05) is 121 Å². The summed E-state index contributed by atoms with van der Waals surface area (Å²) in [6.07, 6.45) is 0. The lowest BCUT2D eigenvalue weighted by atomic mass is 9.91. The Balaban J connectivity index is 0.946. The molecule has 0 radical (unpaired) electrons. The standard InChI is InChI=1S/C50H28O2/c1-2-9-39-37(7-1)38-8-3-4-10-40(38)45-27-31(17-21-41(39)45)29-15-19-35-33(25-29)13-14-34-26-30(16-20-36(34)35)32-18-24-48-46(28-32)44-23-22-43-42-11-5-6-12-47(42)51-49(43)50(44)52-48/h1-28H. The van der Waals surface area contributed by atoms with Gasteiger partial charge in [-0.05, 0) is 125 Å². The van der Waals surface area contributed by atoms with Crippen LogP contribution in [-0.2, 0) is 0 Å². The summed E-state index contributed by atoms with van der Waals surface area (Å²) in [4.78, 5) is 0. The van der Waals surface area contributed by atoms with Crippen LogP contribution >= 0.6 is 0 Å². The topological polar surface area (TPSA) is 26.3 Å². The minimum absolute atomic E-state index is 0.802. The second-order valence-corrected chi connectivity index (χ2v) is 14.0. The largest absolute Gasteiger partial charge is 0.452 e. The molecule has 0 fully saturated rings. The highest BCUT2D eigenvalue weighted by Crippen LogP contribution is 2.41. The smallest absolute Gasteiger partial charge is 0.178 e. The van der Waals surface area contributed by atoms with Crippen LogP contribution in [0.15, 0.2) is 179 Å². The van der Waals surface area contributed by atoms with E-state index in [1.807, 2.05) is 18.2 Å². The van der Waals surface area contributed by atoms with Gasteiger partial charge >= 0.3 is 0 Å². The minimum atomic E-state index is 0.802. The van der Waals surface area contributed by atoms with Crippen molar-refractivity contribution in [2.75, 3.05) is 0 Å². The molecule has 0 atom stereocenters. The highest BCUT2D eigenvalue weighted by Gasteiger charge is 2.17. The van der Waals surface area contributed by atoms with Gasteiger partial charge in [0.2, 0.25) is 0 Å². The van der Waals surface area contributed by atoms with E-state index in [4.69, 9.17) is 8.83 Å². The molecule has 2 heteroatoms. The molecule has 0 bridgehead atoms. The number of fused-ring (bicyclic) bond motifs is 16. The van der Waals surface area contributed by atoms with Gasteiger partial charge < -0.3 is 8.83 Å². The van der Waals surface area contributed by atoms with E-state index >= 15 is 0 Å². The van der Waals surface area contributed by atoms with Crippen molar-refractivity contribution in [2.45, 2.75) is 0 Å². The van der Waals surface area contributed by atoms with E-state index in [0.717, 1.165) is 49.4 Å². The number of hydrogen-bond acceptors (Lipinski definition) is 2. The van der Waals surface area contributed by atoms with Crippen molar-refractivity contribution in [1.82, 2.24) is 0 Å². The number of rotatable bonds is 2. The molecule has 2 heterocycles. The summed E-state index contributed by atoms with van der Waals surface area (Å²) in [7, 11) is 0. The Morgan fingerprint density at radius 2 is 0.615 bits per heavy atom. The first kappa shape index (κ1) is 27.9. The quantitative estimate of drug-likeness (QED) is 0.173. The molecule has 52 heavy (non-hydrogen) atoms. The van der Waals surface area contributed by atoms with Crippen molar-refractivity contribution in [2.24, 2.45) is 0 Å². The molecule has 2 nitrogen and oxygen atoms in total. The van der Waals surface area contributed by atoms with Gasteiger partial charge in [0.1, 0.15) is 11.2 Å². The molecule has 0 aliphatic heterocycles. The Morgan fingerprint density at radius 3 is 1.21 bits per heavy atom. The number of furan rings is 2. The first-order chi connectivity index (χ1) is 25.7. The Morgan fingerprint density at radius 1 is 0.231 bits per heavy atom. The maximum absolute atomic E-state index is 6.41. The van der Waals surface area contributed by atoms with Gasteiger partial charge in [-0.2, -0.15) is 0 Å². The Labute approximate surface area is 297 Å². The monoisotopic (exact) mass is 660 g/mol. The fourth-order valence-electron chi connectivity index (χ4n) is 8.71. The van der Waals surface area contributed by atoms with Crippen molar-refractivity contribution >= 4 is 97.7 Å². The lowest BCUT2D eigenvalue weighted by molar-refractivity contribution is 0.633. The molecule has 0 saturated carbocycles. The molecule has 10 aromatic carbocycles. The van der Waals surface area contributed by atoms with Crippen molar-refractivity contribution < 1.29 is 8.83 Å². The number of hydrogen-bond donors (Lipinski definition) is 0. The van der Waals surface area contributed by atoms with Crippen molar-refractivity contribution in [3.05, 3.63) is 170 Å². The van der Waals surface area contributed by atoms with E-state index in [0.29, 0.717) is 0 Å². The third-order valence-corrected chi connectivity index (χ3v) is 11.2. The molecule has 0 saturated heterocycles. The third-order valence-electron chi connectivity index (χ3n) is 11.2. The van der Waals surface area contributed by atoms with E-state index in [2.05, 4.69) is 152 Å². The van der Waals surface area contributed by atoms with Crippen LogP contribution in [0.25, 0.3) is 120 Å². The predicted molar refractivity (Wildman–Crippen MR) is 219 cm³/mol.